The number of carbonyl (C=O) groups excluding carboxylic acids is 1. The summed E-state index contributed by atoms with van der Waals surface area (Å²) >= 11 is 6.01. The van der Waals surface area contributed by atoms with E-state index < -0.39 is 0 Å². The number of benzene rings is 1. The van der Waals surface area contributed by atoms with Crippen LogP contribution in [0.5, 0.6) is 0 Å². The van der Waals surface area contributed by atoms with Crippen molar-refractivity contribution in [2.45, 2.75) is 13.0 Å². The van der Waals surface area contributed by atoms with Crippen molar-refractivity contribution in [3.05, 3.63) is 29.3 Å². The van der Waals surface area contributed by atoms with Gasteiger partial charge in [0.05, 0.1) is 6.04 Å². The van der Waals surface area contributed by atoms with Crippen LogP contribution in [0, 0.1) is 0 Å². The van der Waals surface area contributed by atoms with Gasteiger partial charge in [0, 0.05) is 43.9 Å². The molecular weight excluding hydrogens is 262 g/mol. The predicted molar refractivity (Wildman–Crippen MR) is 78.8 cm³/mol. The molecule has 104 valence electrons. The molecule has 1 heterocycles. The van der Waals surface area contributed by atoms with E-state index in [1.165, 1.54) is 0 Å². The largest absolute Gasteiger partial charge is 0.369 e. The number of piperazine rings is 1. The molecule has 1 unspecified atom stereocenters. The minimum atomic E-state index is -0.0634. The van der Waals surface area contributed by atoms with Gasteiger partial charge in [-0.05, 0) is 25.1 Å². The monoisotopic (exact) mass is 281 g/mol. The van der Waals surface area contributed by atoms with Gasteiger partial charge in [-0.2, -0.15) is 0 Å². The van der Waals surface area contributed by atoms with Gasteiger partial charge in [0.15, 0.2) is 0 Å². The summed E-state index contributed by atoms with van der Waals surface area (Å²) in [5, 5.41) is 3.46. The molecule has 0 aliphatic carbocycles. The second kappa shape index (κ2) is 6.26. The lowest BCUT2D eigenvalue weighted by molar-refractivity contribution is -0.125. The van der Waals surface area contributed by atoms with Crippen molar-refractivity contribution in [3.8, 4) is 0 Å². The molecule has 2 rings (SSSR count). The maximum atomic E-state index is 11.6. The van der Waals surface area contributed by atoms with Crippen LogP contribution in [0.2, 0.25) is 5.02 Å². The summed E-state index contributed by atoms with van der Waals surface area (Å²) in [7, 11) is 1.68. The number of hydrogen-bond donors (Lipinski definition) is 1. The molecular formula is C14H20ClN3O. The molecule has 5 heteroatoms. The third kappa shape index (κ3) is 3.39. The molecule has 4 nitrogen and oxygen atoms in total. The summed E-state index contributed by atoms with van der Waals surface area (Å²) in [4.78, 5) is 16.1. The van der Waals surface area contributed by atoms with Gasteiger partial charge in [-0.25, -0.2) is 0 Å². The van der Waals surface area contributed by atoms with Crippen LogP contribution in [0.1, 0.15) is 6.92 Å². The fourth-order valence-electron chi connectivity index (χ4n) is 2.41. The lowest BCUT2D eigenvalue weighted by Gasteiger charge is -2.38. The minimum Gasteiger partial charge on any atom is -0.369 e. The van der Waals surface area contributed by atoms with Crippen molar-refractivity contribution in [1.82, 2.24) is 10.2 Å². The van der Waals surface area contributed by atoms with Crippen LogP contribution in [-0.2, 0) is 4.79 Å². The van der Waals surface area contributed by atoms with Gasteiger partial charge < -0.3 is 10.2 Å². The van der Waals surface area contributed by atoms with Crippen LogP contribution >= 0.6 is 11.6 Å². The van der Waals surface area contributed by atoms with E-state index in [0.717, 1.165) is 36.9 Å². The molecule has 0 saturated carbocycles. The van der Waals surface area contributed by atoms with Crippen LogP contribution in [0.15, 0.2) is 24.3 Å². The second-order valence-electron chi connectivity index (χ2n) is 4.79. The Labute approximate surface area is 119 Å². The number of amides is 1. The highest BCUT2D eigenvalue weighted by Gasteiger charge is 2.24. The van der Waals surface area contributed by atoms with E-state index >= 15 is 0 Å². The van der Waals surface area contributed by atoms with Crippen molar-refractivity contribution < 1.29 is 4.79 Å². The predicted octanol–water partition coefficient (Wildman–Crippen LogP) is 1.60. The maximum absolute atomic E-state index is 11.6. The average molecular weight is 282 g/mol. The van der Waals surface area contributed by atoms with Crippen LogP contribution in [0.3, 0.4) is 0 Å². The molecule has 1 aromatic carbocycles. The van der Waals surface area contributed by atoms with Gasteiger partial charge in [0.1, 0.15) is 0 Å². The fourth-order valence-corrected chi connectivity index (χ4v) is 2.60. The number of nitrogens with one attached hydrogen (secondary N) is 1. The quantitative estimate of drug-likeness (QED) is 0.914. The highest BCUT2D eigenvalue weighted by atomic mass is 35.5. The summed E-state index contributed by atoms with van der Waals surface area (Å²) in [6.07, 6.45) is 0. The van der Waals surface area contributed by atoms with Gasteiger partial charge in [0.2, 0.25) is 5.91 Å². The Morgan fingerprint density at radius 1 is 1.32 bits per heavy atom. The topological polar surface area (TPSA) is 35.6 Å². The first-order valence-electron chi connectivity index (χ1n) is 6.58. The van der Waals surface area contributed by atoms with Crippen molar-refractivity contribution in [2.24, 2.45) is 0 Å². The van der Waals surface area contributed by atoms with E-state index in [9.17, 15) is 4.79 Å². The fraction of sp³-hybridized carbons (Fsp3) is 0.500. The number of likely N-dealkylation sites (N-methyl/N-ethyl adjacent to an activating group) is 1. The minimum absolute atomic E-state index is 0.0634. The third-order valence-corrected chi connectivity index (χ3v) is 3.90. The van der Waals surface area contributed by atoms with Crippen molar-refractivity contribution >= 4 is 23.2 Å². The van der Waals surface area contributed by atoms with Crippen molar-refractivity contribution in [2.75, 3.05) is 38.1 Å². The van der Waals surface area contributed by atoms with Crippen LogP contribution in [-0.4, -0.2) is 50.1 Å². The maximum Gasteiger partial charge on any atom is 0.236 e. The zero-order valence-corrected chi connectivity index (χ0v) is 12.2. The first kappa shape index (κ1) is 14.2. The smallest absolute Gasteiger partial charge is 0.236 e. The summed E-state index contributed by atoms with van der Waals surface area (Å²) in [5.41, 5.74) is 1.15. The Kier molecular flexibility index (Phi) is 4.66. The Bertz CT molecular complexity index is 444. The van der Waals surface area contributed by atoms with E-state index in [4.69, 9.17) is 11.6 Å². The van der Waals surface area contributed by atoms with Crippen molar-refractivity contribution in [3.63, 3.8) is 0 Å². The average Bonchev–Trinajstić information content (AvgIpc) is 2.46. The Morgan fingerprint density at radius 2 is 2.00 bits per heavy atom. The number of halogens is 1. The molecule has 1 aliphatic rings. The SMILES string of the molecule is CNC(=O)C(C)N1CCN(c2cccc(Cl)c2)CC1. The van der Waals surface area contributed by atoms with E-state index in [2.05, 4.69) is 21.2 Å². The summed E-state index contributed by atoms with van der Waals surface area (Å²) in [6, 6.07) is 7.85. The zero-order valence-electron chi connectivity index (χ0n) is 11.4. The van der Waals surface area contributed by atoms with E-state index in [0.29, 0.717) is 0 Å². The molecule has 0 radical (unpaired) electrons. The van der Waals surface area contributed by atoms with Crippen LogP contribution in [0.25, 0.3) is 0 Å². The number of rotatable bonds is 3. The van der Waals surface area contributed by atoms with E-state index in [-0.39, 0.29) is 11.9 Å². The van der Waals surface area contributed by atoms with Gasteiger partial charge in [-0.15, -0.1) is 0 Å². The zero-order chi connectivity index (χ0) is 13.8. The molecule has 1 N–H and O–H groups in total. The van der Waals surface area contributed by atoms with Gasteiger partial charge in [-0.3, -0.25) is 9.69 Å². The molecule has 1 atom stereocenters. The molecule has 1 saturated heterocycles. The first-order valence-corrected chi connectivity index (χ1v) is 6.96. The Morgan fingerprint density at radius 3 is 2.58 bits per heavy atom. The molecule has 1 aliphatic heterocycles. The molecule has 0 aromatic heterocycles. The Hall–Kier alpha value is -1.26. The summed E-state index contributed by atoms with van der Waals surface area (Å²) in [5.74, 6) is 0.0798. The number of nitrogens with zero attached hydrogens (tertiary/aromatic N) is 2. The number of anilines is 1. The number of carbonyl (C=O) groups is 1. The van der Waals surface area contributed by atoms with Crippen molar-refractivity contribution in [1.29, 1.82) is 0 Å². The van der Waals surface area contributed by atoms with Crippen LogP contribution in [0.4, 0.5) is 5.69 Å². The third-order valence-electron chi connectivity index (χ3n) is 3.66. The van der Waals surface area contributed by atoms with E-state index in [1.54, 1.807) is 7.05 Å². The lowest BCUT2D eigenvalue weighted by atomic mass is 10.2. The molecule has 1 amide bonds. The number of hydrogen-bond acceptors (Lipinski definition) is 3. The second-order valence-corrected chi connectivity index (χ2v) is 5.23. The summed E-state index contributed by atoms with van der Waals surface area (Å²) in [6.45, 7) is 5.57. The first-order chi connectivity index (χ1) is 9.11. The molecule has 0 bridgehead atoms. The highest BCUT2D eigenvalue weighted by molar-refractivity contribution is 6.30. The van der Waals surface area contributed by atoms with Crippen LogP contribution < -0.4 is 10.2 Å². The summed E-state index contributed by atoms with van der Waals surface area (Å²) < 4.78 is 0. The molecule has 1 fully saturated rings. The van der Waals surface area contributed by atoms with E-state index in [1.807, 2.05) is 25.1 Å². The molecule has 19 heavy (non-hydrogen) atoms. The highest BCUT2D eigenvalue weighted by Crippen LogP contribution is 2.21. The van der Waals surface area contributed by atoms with Gasteiger partial charge in [0.25, 0.3) is 0 Å². The molecule has 1 aromatic rings. The van der Waals surface area contributed by atoms with Gasteiger partial charge in [-0.1, -0.05) is 17.7 Å². The normalized spacial score (nSPS) is 18.2. The standard InChI is InChI=1S/C14H20ClN3O/c1-11(14(19)16-2)17-6-8-18(9-7-17)13-5-3-4-12(15)10-13/h3-5,10-11H,6-9H2,1-2H3,(H,16,19). The molecule has 0 spiro atoms. The Balaban J connectivity index is 1.94. The lowest BCUT2D eigenvalue weighted by Crippen LogP contribution is -2.53. The van der Waals surface area contributed by atoms with Gasteiger partial charge >= 0.3 is 0 Å².